The Bertz CT molecular complexity index is 1330. The molecule has 0 fully saturated rings. The minimum Gasteiger partial charge on any atom is -0.484 e. The molecule has 0 saturated heterocycles. The van der Waals surface area contributed by atoms with E-state index in [9.17, 15) is 14.4 Å². The summed E-state index contributed by atoms with van der Waals surface area (Å²) in [6, 6.07) is 18.8. The zero-order valence-corrected chi connectivity index (χ0v) is 21.5. The Balaban J connectivity index is 1.33. The van der Waals surface area contributed by atoms with E-state index in [1.807, 2.05) is 24.3 Å². The molecule has 1 aliphatic rings. The molecule has 1 heterocycles. The largest absolute Gasteiger partial charge is 0.484 e. The van der Waals surface area contributed by atoms with Crippen LogP contribution in [-0.4, -0.2) is 29.4 Å². The number of anilines is 2. The topological polar surface area (TPSA) is 87.7 Å². The molecule has 0 unspecified atom stereocenters. The first kappa shape index (κ1) is 25.3. The molecule has 3 aromatic carbocycles. The number of nitrogens with zero attached hydrogens (tertiary/aromatic N) is 1. The van der Waals surface area contributed by atoms with Crippen molar-refractivity contribution in [2.75, 3.05) is 16.8 Å². The van der Waals surface area contributed by atoms with Gasteiger partial charge in [-0.15, -0.1) is 0 Å². The zero-order chi connectivity index (χ0) is 26.0. The highest BCUT2D eigenvalue weighted by Gasteiger charge is 2.36. The molecule has 184 valence electrons. The lowest BCUT2D eigenvalue weighted by atomic mass is 9.87. The quantitative estimate of drug-likeness (QED) is 0.348. The molecular weight excluding hydrogens is 498 g/mol. The number of carbonyl (C=O) groups excluding carboxylic acids is 3. The summed E-state index contributed by atoms with van der Waals surface area (Å²) in [7, 11) is 0. The van der Waals surface area contributed by atoms with Crippen molar-refractivity contribution in [3.63, 3.8) is 0 Å². The fraction of sp³-hybridized carbons (Fsp3) is 0.185. The van der Waals surface area contributed by atoms with Gasteiger partial charge in [-0.1, -0.05) is 56.6 Å². The fourth-order valence-corrected chi connectivity index (χ4v) is 4.13. The zero-order valence-electron chi connectivity index (χ0n) is 19.9. The predicted molar refractivity (Wildman–Crippen MR) is 144 cm³/mol. The van der Waals surface area contributed by atoms with Crippen molar-refractivity contribution in [1.29, 1.82) is 0 Å². The Hall–Kier alpha value is -3.75. The molecule has 3 amide bonds. The smallest absolute Gasteiger partial charge is 0.266 e. The van der Waals surface area contributed by atoms with E-state index in [4.69, 9.17) is 28.6 Å². The molecule has 2 N–H and O–H groups in total. The maximum atomic E-state index is 12.7. The summed E-state index contributed by atoms with van der Waals surface area (Å²) in [5.41, 5.74) is 2.61. The number of fused-ring (bicyclic) bond motifs is 1. The first-order chi connectivity index (χ1) is 17.0. The highest BCUT2D eigenvalue weighted by molar-refractivity contribution is 7.80. The molecule has 0 spiro atoms. The van der Waals surface area contributed by atoms with Crippen LogP contribution in [0.5, 0.6) is 5.75 Å². The van der Waals surface area contributed by atoms with Gasteiger partial charge in [0.1, 0.15) is 5.75 Å². The number of imide groups is 1. The van der Waals surface area contributed by atoms with Gasteiger partial charge in [0.2, 0.25) is 0 Å². The van der Waals surface area contributed by atoms with Gasteiger partial charge >= 0.3 is 0 Å². The summed E-state index contributed by atoms with van der Waals surface area (Å²) in [5, 5.41) is 5.63. The summed E-state index contributed by atoms with van der Waals surface area (Å²) < 4.78 is 5.53. The van der Waals surface area contributed by atoms with Crippen LogP contribution in [0.4, 0.5) is 11.4 Å². The normalized spacial score (nSPS) is 12.8. The van der Waals surface area contributed by atoms with Crippen molar-refractivity contribution in [3.05, 3.63) is 88.4 Å². The molecule has 7 nitrogen and oxygen atoms in total. The number of halogens is 1. The molecule has 36 heavy (non-hydrogen) atoms. The lowest BCUT2D eigenvalue weighted by molar-refractivity contribution is -0.121. The standard InChI is InChI=1S/C27H24ClN3O4S/c1-27(2,3)16-8-11-18(12-9-16)35-15-23(32)30-26(36)29-22-13-10-17(14-21(22)28)31-24(33)19-6-4-5-7-20(19)25(31)34/h4-14H,15H2,1-3H3,(H2,29,30,32,36). The Labute approximate surface area is 219 Å². The van der Waals surface area contributed by atoms with Crippen LogP contribution >= 0.6 is 23.8 Å². The number of carbonyl (C=O) groups is 3. The number of nitrogens with one attached hydrogen (secondary N) is 2. The van der Waals surface area contributed by atoms with Gasteiger partial charge in [-0.25, -0.2) is 4.90 Å². The van der Waals surface area contributed by atoms with E-state index in [-0.39, 0.29) is 22.2 Å². The van der Waals surface area contributed by atoms with Crippen LogP contribution in [0, 0.1) is 0 Å². The second-order valence-electron chi connectivity index (χ2n) is 9.22. The van der Waals surface area contributed by atoms with Gasteiger partial charge in [0.25, 0.3) is 17.7 Å². The van der Waals surface area contributed by atoms with Crippen LogP contribution in [-0.2, 0) is 10.2 Å². The van der Waals surface area contributed by atoms with E-state index in [0.29, 0.717) is 28.3 Å². The van der Waals surface area contributed by atoms with Gasteiger partial charge < -0.3 is 10.1 Å². The minimum absolute atomic E-state index is 0.0256. The molecule has 0 saturated carbocycles. The van der Waals surface area contributed by atoms with E-state index in [1.54, 1.807) is 36.4 Å². The fourth-order valence-electron chi connectivity index (χ4n) is 3.68. The number of hydrogen-bond donors (Lipinski definition) is 2. The van der Waals surface area contributed by atoms with Crippen molar-refractivity contribution in [2.45, 2.75) is 26.2 Å². The van der Waals surface area contributed by atoms with E-state index >= 15 is 0 Å². The van der Waals surface area contributed by atoms with Crippen LogP contribution in [0.1, 0.15) is 47.1 Å². The molecule has 0 aromatic heterocycles. The van der Waals surface area contributed by atoms with Crippen molar-refractivity contribution in [3.8, 4) is 5.75 Å². The molecule has 9 heteroatoms. The number of ether oxygens (including phenoxy) is 1. The SMILES string of the molecule is CC(C)(C)c1ccc(OCC(=O)NC(=S)Nc2ccc(N3C(=O)c4ccccc4C3=O)cc2Cl)cc1. The van der Waals surface area contributed by atoms with Gasteiger partial charge in [-0.3, -0.25) is 19.7 Å². The molecular formula is C27H24ClN3O4S. The lowest BCUT2D eigenvalue weighted by Gasteiger charge is -2.19. The van der Waals surface area contributed by atoms with Gasteiger partial charge in [-0.2, -0.15) is 0 Å². The van der Waals surface area contributed by atoms with E-state index in [2.05, 4.69) is 31.4 Å². The van der Waals surface area contributed by atoms with E-state index in [1.165, 1.54) is 6.07 Å². The Morgan fingerprint density at radius 1 is 0.972 bits per heavy atom. The monoisotopic (exact) mass is 521 g/mol. The summed E-state index contributed by atoms with van der Waals surface area (Å²) in [5.74, 6) is -0.693. The average Bonchev–Trinajstić information content (AvgIpc) is 3.09. The first-order valence-corrected chi connectivity index (χ1v) is 11.9. The molecule has 0 radical (unpaired) electrons. The lowest BCUT2D eigenvalue weighted by Crippen LogP contribution is -2.37. The third-order valence-electron chi connectivity index (χ3n) is 5.60. The van der Waals surface area contributed by atoms with Gasteiger partial charge in [-0.05, 0) is 65.7 Å². The van der Waals surface area contributed by atoms with Crippen molar-refractivity contribution >= 4 is 58.0 Å². The number of hydrogen-bond acceptors (Lipinski definition) is 5. The summed E-state index contributed by atoms with van der Waals surface area (Å²) in [6.45, 7) is 6.14. The second kappa shape index (κ2) is 10.1. The van der Waals surface area contributed by atoms with Gasteiger partial charge in [0.15, 0.2) is 11.7 Å². The summed E-state index contributed by atoms with van der Waals surface area (Å²) >= 11 is 11.6. The number of amides is 3. The number of thiocarbonyl (C=S) groups is 1. The Kier molecular flexibility index (Phi) is 7.10. The molecule has 0 atom stereocenters. The van der Waals surface area contributed by atoms with Crippen molar-refractivity contribution < 1.29 is 19.1 Å². The molecule has 0 aliphatic carbocycles. The van der Waals surface area contributed by atoms with Crippen LogP contribution in [0.2, 0.25) is 5.02 Å². The predicted octanol–water partition coefficient (Wildman–Crippen LogP) is 5.33. The summed E-state index contributed by atoms with van der Waals surface area (Å²) in [4.78, 5) is 38.7. The Morgan fingerprint density at radius 2 is 1.58 bits per heavy atom. The van der Waals surface area contributed by atoms with Crippen LogP contribution in [0.25, 0.3) is 0 Å². The van der Waals surface area contributed by atoms with E-state index < -0.39 is 17.7 Å². The first-order valence-electron chi connectivity index (χ1n) is 11.2. The average molecular weight is 522 g/mol. The molecule has 1 aliphatic heterocycles. The van der Waals surface area contributed by atoms with Crippen molar-refractivity contribution in [1.82, 2.24) is 5.32 Å². The van der Waals surface area contributed by atoms with Gasteiger partial charge in [0, 0.05) is 0 Å². The van der Waals surface area contributed by atoms with Crippen LogP contribution in [0.15, 0.2) is 66.7 Å². The van der Waals surface area contributed by atoms with Gasteiger partial charge in [0.05, 0.1) is 27.5 Å². The maximum Gasteiger partial charge on any atom is 0.266 e. The maximum absolute atomic E-state index is 12.7. The molecule has 4 rings (SSSR count). The number of rotatable bonds is 5. The third-order valence-corrected chi connectivity index (χ3v) is 6.11. The number of benzene rings is 3. The highest BCUT2D eigenvalue weighted by Crippen LogP contribution is 2.33. The van der Waals surface area contributed by atoms with Crippen LogP contribution < -0.4 is 20.3 Å². The highest BCUT2D eigenvalue weighted by atomic mass is 35.5. The molecule has 3 aromatic rings. The van der Waals surface area contributed by atoms with Crippen LogP contribution in [0.3, 0.4) is 0 Å². The Morgan fingerprint density at radius 3 is 2.14 bits per heavy atom. The minimum atomic E-state index is -0.439. The summed E-state index contributed by atoms with van der Waals surface area (Å²) in [6.07, 6.45) is 0. The third kappa shape index (κ3) is 5.40. The second-order valence-corrected chi connectivity index (χ2v) is 10.0. The van der Waals surface area contributed by atoms with Crippen molar-refractivity contribution in [2.24, 2.45) is 0 Å². The van der Waals surface area contributed by atoms with E-state index in [0.717, 1.165) is 10.5 Å². The molecule has 0 bridgehead atoms.